The lowest BCUT2D eigenvalue weighted by Gasteiger charge is -2.37. The third-order valence-electron chi connectivity index (χ3n) is 4.59. The number of nitrogens with zero attached hydrogens (tertiary/aromatic N) is 1. The molecule has 2 nitrogen and oxygen atoms in total. The van der Waals surface area contributed by atoms with Gasteiger partial charge in [-0.25, -0.2) is 0 Å². The maximum absolute atomic E-state index is 13.8. The summed E-state index contributed by atoms with van der Waals surface area (Å²) >= 11 is 0. The molecule has 0 N–H and O–H groups in total. The number of amides is 1. The minimum absolute atomic E-state index is 0.187. The monoisotopic (exact) mass is 337 g/mol. The van der Waals surface area contributed by atoms with Crippen LogP contribution >= 0.6 is 0 Å². The molecule has 2 heteroatoms. The molecule has 0 aliphatic carbocycles. The molecule has 2 rings (SSSR count). The summed E-state index contributed by atoms with van der Waals surface area (Å²) in [6.45, 7) is 12.3. The van der Waals surface area contributed by atoms with Crippen LogP contribution in [0.4, 0.5) is 0 Å². The topological polar surface area (TPSA) is 20.3 Å². The fourth-order valence-corrected chi connectivity index (χ4v) is 3.39. The molecule has 0 aliphatic heterocycles. The molecule has 0 aliphatic rings. The Morgan fingerprint density at radius 1 is 0.800 bits per heavy atom. The van der Waals surface area contributed by atoms with Crippen LogP contribution in [0.15, 0.2) is 60.7 Å². The molecule has 0 unspecified atom stereocenters. The van der Waals surface area contributed by atoms with Gasteiger partial charge in [0.1, 0.15) is 0 Å². The first-order valence-corrected chi connectivity index (χ1v) is 9.26. The summed E-state index contributed by atoms with van der Waals surface area (Å²) in [6, 6.07) is 20.3. The van der Waals surface area contributed by atoms with Crippen molar-refractivity contribution in [2.45, 2.75) is 40.0 Å². The Hall–Kier alpha value is -2.09. The van der Waals surface area contributed by atoms with Gasteiger partial charge in [0.25, 0.3) is 0 Å². The van der Waals surface area contributed by atoms with Crippen molar-refractivity contribution in [2.24, 2.45) is 11.8 Å². The van der Waals surface area contributed by atoms with Crippen LogP contribution in [0.1, 0.15) is 45.7 Å². The number of carbonyl (C=O) groups is 1. The predicted octanol–water partition coefficient (Wildman–Crippen LogP) is 5.13. The van der Waals surface area contributed by atoms with Crippen molar-refractivity contribution in [1.82, 2.24) is 4.90 Å². The zero-order chi connectivity index (χ0) is 18.4. The van der Waals surface area contributed by atoms with Gasteiger partial charge in [0.05, 0.1) is 5.41 Å². The molecule has 0 radical (unpaired) electrons. The second-order valence-corrected chi connectivity index (χ2v) is 7.85. The molecule has 2 aromatic rings. The van der Waals surface area contributed by atoms with Crippen molar-refractivity contribution in [1.29, 1.82) is 0 Å². The van der Waals surface area contributed by atoms with Gasteiger partial charge in [-0.1, -0.05) is 88.4 Å². The summed E-state index contributed by atoms with van der Waals surface area (Å²) in [5.74, 6) is 1.07. The van der Waals surface area contributed by atoms with E-state index in [-0.39, 0.29) is 5.91 Å². The molecule has 2 aromatic carbocycles. The SMILES string of the molecule is CC(C)CN(CC(C)C)C(=O)C(C)(c1ccccc1)c1ccccc1. The normalized spacial score (nSPS) is 11.8. The van der Waals surface area contributed by atoms with Gasteiger partial charge in [-0.2, -0.15) is 0 Å². The van der Waals surface area contributed by atoms with Crippen LogP contribution in [0.25, 0.3) is 0 Å². The minimum atomic E-state index is -0.674. The van der Waals surface area contributed by atoms with Crippen LogP contribution < -0.4 is 0 Å². The third-order valence-corrected chi connectivity index (χ3v) is 4.59. The van der Waals surface area contributed by atoms with E-state index in [0.717, 1.165) is 24.2 Å². The molecule has 1 amide bonds. The molecule has 0 fully saturated rings. The molecule has 0 spiro atoms. The fourth-order valence-electron chi connectivity index (χ4n) is 3.39. The van der Waals surface area contributed by atoms with Gasteiger partial charge in [0.15, 0.2) is 0 Å². The smallest absolute Gasteiger partial charge is 0.237 e. The second-order valence-electron chi connectivity index (χ2n) is 7.85. The van der Waals surface area contributed by atoms with Crippen molar-refractivity contribution in [2.75, 3.05) is 13.1 Å². The number of benzene rings is 2. The van der Waals surface area contributed by atoms with Crippen LogP contribution in [-0.4, -0.2) is 23.9 Å². The molecule has 0 atom stereocenters. The maximum Gasteiger partial charge on any atom is 0.237 e. The molecule has 0 heterocycles. The number of carbonyl (C=O) groups excluding carboxylic acids is 1. The van der Waals surface area contributed by atoms with Crippen LogP contribution in [0.2, 0.25) is 0 Å². The summed E-state index contributed by atoms with van der Waals surface area (Å²) < 4.78 is 0. The van der Waals surface area contributed by atoms with Gasteiger partial charge in [-0.3, -0.25) is 4.79 Å². The van der Waals surface area contributed by atoms with Crippen LogP contribution in [0.5, 0.6) is 0 Å². The largest absolute Gasteiger partial charge is 0.341 e. The Labute approximate surface area is 152 Å². The van der Waals surface area contributed by atoms with Crippen LogP contribution in [0, 0.1) is 11.8 Å². The lowest BCUT2D eigenvalue weighted by Crippen LogP contribution is -2.48. The van der Waals surface area contributed by atoms with E-state index in [1.807, 2.05) is 36.4 Å². The lowest BCUT2D eigenvalue weighted by atomic mass is 9.74. The number of hydrogen-bond donors (Lipinski definition) is 0. The highest BCUT2D eigenvalue weighted by Crippen LogP contribution is 2.34. The van der Waals surface area contributed by atoms with Gasteiger partial charge in [0, 0.05) is 13.1 Å². The Kier molecular flexibility index (Phi) is 6.41. The highest BCUT2D eigenvalue weighted by atomic mass is 16.2. The molecule has 25 heavy (non-hydrogen) atoms. The van der Waals surface area contributed by atoms with Gasteiger partial charge < -0.3 is 4.90 Å². The summed E-state index contributed by atoms with van der Waals surface area (Å²) in [4.78, 5) is 15.8. The number of hydrogen-bond acceptors (Lipinski definition) is 1. The van der Waals surface area contributed by atoms with Crippen LogP contribution in [-0.2, 0) is 10.2 Å². The predicted molar refractivity (Wildman–Crippen MR) is 106 cm³/mol. The Morgan fingerprint density at radius 2 is 1.16 bits per heavy atom. The van der Waals surface area contributed by atoms with E-state index in [4.69, 9.17) is 0 Å². The fraction of sp³-hybridized carbons (Fsp3) is 0.435. The molecule has 134 valence electrons. The summed E-state index contributed by atoms with van der Waals surface area (Å²) in [5.41, 5.74) is 1.42. The van der Waals surface area contributed by atoms with E-state index in [9.17, 15) is 4.79 Å². The van der Waals surface area contributed by atoms with Crippen molar-refractivity contribution in [3.63, 3.8) is 0 Å². The average Bonchev–Trinajstić information content (AvgIpc) is 2.60. The van der Waals surface area contributed by atoms with Gasteiger partial charge in [-0.05, 0) is 29.9 Å². The molecule has 0 saturated heterocycles. The van der Waals surface area contributed by atoms with Crippen molar-refractivity contribution in [3.05, 3.63) is 71.8 Å². The zero-order valence-corrected chi connectivity index (χ0v) is 16.2. The Morgan fingerprint density at radius 3 is 1.48 bits per heavy atom. The van der Waals surface area contributed by atoms with E-state index in [1.165, 1.54) is 0 Å². The first-order valence-electron chi connectivity index (χ1n) is 9.26. The molecular formula is C23H31NO. The molecular weight excluding hydrogens is 306 g/mol. The molecule has 0 bridgehead atoms. The van der Waals surface area contributed by atoms with Gasteiger partial charge >= 0.3 is 0 Å². The van der Waals surface area contributed by atoms with E-state index in [1.54, 1.807) is 0 Å². The third kappa shape index (κ3) is 4.50. The molecule has 0 saturated carbocycles. The van der Waals surface area contributed by atoms with Crippen molar-refractivity contribution >= 4 is 5.91 Å². The summed E-state index contributed by atoms with van der Waals surface area (Å²) in [7, 11) is 0. The Balaban J connectivity index is 2.52. The van der Waals surface area contributed by atoms with Crippen LogP contribution in [0.3, 0.4) is 0 Å². The van der Waals surface area contributed by atoms with E-state index in [0.29, 0.717) is 11.8 Å². The average molecular weight is 338 g/mol. The minimum Gasteiger partial charge on any atom is -0.341 e. The van der Waals surface area contributed by atoms with E-state index in [2.05, 4.69) is 63.8 Å². The van der Waals surface area contributed by atoms with E-state index < -0.39 is 5.41 Å². The standard InChI is InChI=1S/C23H31NO/c1-18(2)16-24(17-19(3)4)22(25)23(5,20-12-8-6-9-13-20)21-14-10-7-11-15-21/h6-15,18-19H,16-17H2,1-5H3. The van der Waals surface area contributed by atoms with Gasteiger partial charge in [0.2, 0.25) is 5.91 Å². The van der Waals surface area contributed by atoms with Gasteiger partial charge in [-0.15, -0.1) is 0 Å². The quantitative estimate of drug-likeness (QED) is 0.685. The van der Waals surface area contributed by atoms with Crippen molar-refractivity contribution in [3.8, 4) is 0 Å². The molecule has 0 aromatic heterocycles. The number of rotatable bonds is 7. The first kappa shape index (κ1) is 19.2. The zero-order valence-electron chi connectivity index (χ0n) is 16.2. The Bertz CT molecular complexity index is 612. The van der Waals surface area contributed by atoms with Crippen molar-refractivity contribution < 1.29 is 4.79 Å². The highest BCUT2D eigenvalue weighted by Gasteiger charge is 2.40. The highest BCUT2D eigenvalue weighted by molar-refractivity contribution is 5.91. The maximum atomic E-state index is 13.8. The second kappa shape index (κ2) is 8.33. The lowest BCUT2D eigenvalue weighted by molar-refractivity contribution is -0.136. The van der Waals surface area contributed by atoms with E-state index >= 15 is 0 Å². The summed E-state index contributed by atoms with van der Waals surface area (Å²) in [6.07, 6.45) is 0. The summed E-state index contributed by atoms with van der Waals surface area (Å²) in [5, 5.41) is 0. The first-order chi connectivity index (χ1) is 11.9.